The van der Waals surface area contributed by atoms with E-state index in [0.29, 0.717) is 10.8 Å². The van der Waals surface area contributed by atoms with Crippen molar-refractivity contribution in [1.29, 1.82) is 0 Å². The Balaban J connectivity index is 0.000000157. The van der Waals surface area contributed by atoms with Crippen LogP contribution in [0.3, 0.4) is 0 Å². The number of rotatable bonds is 2. The van der Waals surface area contributed by atoms with E-state index in [2.05, 4.69) is 86.5 Å². The molecule has 5 rings (SSSR count). The maximum atomic E-state index is 4.89. The second-order valence-corrected chi connectivity index (χ2v) is 13.8. The summed E-state index contributed by atoms with van der Waals surface area (Å²) in [6.45, 7) is 14.5. The molecule has 5 fully saturated rings. The van der Waals surface area contributed by atoms with Crippen molar-refractivity contribution < 1.29 is 17.0 Å². The molecule has 5 saturated carbocycles. The summed E-state index contributed by atoms with van der Waals surface area (Å²) in [7, 11) is 9.78. The van der Waals surface area contributed by atoms with E-state index < -0.39 is 17.0 Å². The third-order valence-corrected chi connectivity index (χ3v) is 9.18. The van der Waals surface area contributed by atoms with Gasteiger partial charge in [0.2, 0.25) is 0 Å². The molecule has 0 aromatic heterocycles. The SMILES string of the molecule is CC(C)[C@H]1C[C@H](C)CC[C@H]1[C]1[CH][CH][CH][CH]1.CC12CCC([C]3[CH][CH][CH][C]31)C2(C)C.[Cl][Ti][Cl]. The Bertz CT molecular complexity index is 553. The van der Waals surface area contributed by atoms with E-state index in [1.807, 2.05) is 0 Å². The molecular formula is C28H40Cl2Ti. The molecule has 0 aromatic carbocycles. The first-order valence-corrected chi connectivity index (χ1v) is 16.4. The van der Waals surface area contributed by atoms with Crippen LogP contribution in [-0.4, -0.2) is 0 Å². The molecule has 3 heteroatoms. The van der Waals surface area contributed by atoms with E-state index in [4.69, 9.17) is 18.6 Å². The molecule has 10 radical (unpaired) electrons. The van der Waals surface area contributed by atoms with Gasteiger partial charge in [-0.3, -0.25) is 0 Å². The standard InChI is InChI=1S/C15H23.C13H17.2ClH.Ti/c1-11(2)15-10-12(3)8-9-14(15)13-6-4-5-7-13;1-12(2)10-7-8-13(12,3)11-6-4-5-9(10)11;;;/h4-7,11-12,14-15H,8-10H2,1-3H3;4-6,10H,7-8H2,1-3H3;2*1H;/q;;;;+2/p-2/t12-,14+,15-;;;;/m1..../s1. The van der Waals surface area contributed by atoms with Gasteiger partial charge < -0.3 is 0 Å². The van der Waals surface area contributed by atoms with Crippen LogP contribution in [0.5, 0.6) is 0 Å². The van der Waals surface area contributed by atoms with Gasteiger partial charge in [0, 0.05) is 0 Å². The van der Waals surface area contributed by atoms with Crippen LogP contribution in [0.1, 0.15) is 73.6 Å². The van der Waals surface area contributed by atoms with E-state index in [-0.39, 0.29) is 0 Å². The van der Waals surface area contributed by atoms with E-state index in [1.165, 1.54) is 32.1 Å². The fourth-order valence-corrected chi connectivity index (χ4v) is 6.98. The summed E-state index contributed by atoms with van der Waals surface area (Å²) >= 11 is -0.556. The van der Waals surface area contributed by atoms with Crippen LogP contribution in [-0.2, 0) is 17.0 Å². The van der Waals surface area contributed by atoms with E-state index in [0.717, 1.165) is 29.6 Å². The zero-order valence-corrected chi connectivity index (χ0v) is 23.3. The van der Waals surface area contributed by atoms with Gasteiger partial charge in [-0.2, -0.15) is 0 Å². The third-order valence-electron chi connectivity index (χ3n) is 9.18. The molecule has 5 aliphatic carbocycles. The van der Waals surface area contributed by atoms with Crippen molar-refractivity contribution in [3.8, 4) is 0 Å². The quantitative estimate of drug-likeness (QED) is 0.336. The monoisotopic (exact) mass is 494 g/mol. The van der Waals surface area contributed by atoms with Crippen LogP contribution in [0.15, 0.2) is 0 Å². The molecule has 5 aliphatic rings. The molecule has 170 valence electrons. The summed E-state index contributed by atoms with van der Waals surface area (Å²) in [5, 5.41) is 0. The Morgan fingerprint density at radius 1 is 0.935 bits per heavy atom. The number of hydrogen-bond donors (Lipinski definition) is 0. The predicted molar refractivity (Wildman–Crippen MR) is 131 cm³/mol. The molecule has 0 heterocycles. The number of halogens is 2. The minimum atomic E-state index is -0.556. The van der Waals surface area contributed by atoms with Crippen molar-refractivity contribution in [2.75, 3.05) is 0 Å². The van der Waals surface area contributed by atoms with Gasteiger partial charge in [0.05, 0.1) is 0 Å². The Labute approximate surface area is 211 Å². The van der Waals surface area contributed by atoms with Gasteiger partial charge in [0.15, 0.2) is 0 Å². The van der Waals surface area contributed by atoms with Crippen LogP contribution >= 0.6 is 18.6 Å². The van der Waals surface area contributed by atoms with Gasteiger partial charge in [0.1, 0.15) is 0 Å². The zero-order valence-electron chi connectivity index (χ0n) is 20.2. The minimum absolute atomic E-state index is 0.469. The Hall–Kier alpha value is 1.29. The normalized spacial score (nSPS) is 39.6. The van der Waals surface area contributed by atoms with Gasteiger partial charge in [-0.15, -0.1) is 0 Å². The van der Waals surface area contributed by atoms with Crippen molar-refractivity contribution in [3.63, 3.8) is 0 Å². The van der Waals surface area contributed by atoms with Gasteiger partial charge in [0.25, 0.3) is 0 Å². The van der Waals surface area contributed by atoms with Crippen LogP contribution in [0, 0.1) is 103 Å². The summed E-state index contributed by atoms with van der Waals surface area (Å²) in [5.41, 5.74) is 0.968. The van der Waals surface area contributed by atoms with Gasteiger partial charge in [-0.1, -0.05) is 48.0 Å². The van der Waals surface area contributed by atoms with Crippen LogP contribution in [0.2, 0.25) is 0 Å². The first-order valence-electron chi connectivity index (χ1n) is 12.1. The Morgan fingerprint density at radius 3 is 2.16 bits per heavy atom. The van der Waals surface area contributed by atoms with Crippen LogP contribution in [0.4, 0.5) is 0 Å². The Morgan fingerprint density at radius 2 is 1.58 bits per heavy atom. The van der Waals surface area contributed by atoms with Crippen molar-refractivity contribution >= 4 is 18.6 Å². The average molecular weight is 495 g/mol. The van der Waals surface area contributed by atoms with Crippen LogP contribution in [0.25, 0.3) is 0 Å². The fourth-order valence-electron chi connectivity index (χ4n) is 6.98. The molecule has 0 amide bonds. The van der Waals surface area contributed by atoms with E-state index in [9.17, 15) is 0 Å². The second kappa shape index (κ2) is 11.4. The summed E-state index contributed by atoms with van der Waals surface area (Å²) in [6, 6.07) is 0. The molecule has 0 N–H and O–H groups in total. The maximum absolute atomic E-state index is 4.89. The summed E-state index contributed by atoms with van der Waals surface area (Å²) in [5.74, 6) is 9.21. The van der Waals surface area contributed by atoms with Crippen molar-refractivity contribution in [1.82, 2.24) is 0 Å². The van der Waals surface area contributed by atoms with Crippen molar-refractivity contribution in [2.45, 2.75) is 73.6 Å². The first kappa shape index (κ1) is 26.9. The zero-order chi connectivity index (χ0) is 22.8. The summed E-state index contributed by atoms with van der Waals surface area (Å²) < 4.78 is 0. The molecule has 0 saturated heterocycles. The van der Waals surface area contributed by atoms with Gasteiger partial charge >= 0.3 is 35.6 Å². The molecule has 2 bridgehead atoms. The molecule has 0 spiro atoms. The predicted octanol–water partition coefficient (Wildman–Crippen LogP) is 8.69. The molecule has 5 atom stereocenters. The van der Waals surface area contributed by atoms with Gasteiger partial charge in [-0.25, -0.2) is 0 Å². The van der Waals surface area contributed by atoms with Crippen molar-refractivity contribution in [3.05, 3.63) is 62.7 Å². The summed E-state index contributed by atoms with van der Waals surface area (Å²) in [6.07, 6.45) is 22.9. The Kier molecular flexibility index (Phi) is 9.85. The van der Waals surface area contributed by atoms with E-state index >= 15 is 0 Å². The van der Waals surface area contributed by atoms with Crippen LogP contribution < -0.4 is 0 Å². The van der Waals surface area contributed by atoms with E-state index in [1.54, 1.807) is 17.8 Å². The topological polar surface area (TPSA) is 0 Å². The average Bonchev–Trinajstić information content (AvgIpc) is 3.47. The molecule has 0 aliphatic heterocycles. The number of hydrogen-bond acceptors (Lipinski definition) is 0. The molecule has 0 aromatic rings. The summed E-state index contributed by atoms with van der Waals surface area (Å²) in [4.78, 5) is 0. The molecule has 0 nitrogen and oxygen atoms in total. The number of fused-ring (bicyclic) bond motifs is 5. The fraction of sp³-hybridized carbons (Fsp3) is 0.643. The molecule has 31 heavy (non-hydrogen) atoms. The van der Waals surface area contributed by atoms with Gasteiger partial charge in [-0.05, 0) is 129 Å². The van der Waals surface area contributed by atoms with Crippen molar-refractivity contribution in [2.24, 2.45) is 40.4 Å². The molecular weight excluding hydrogens is 455 g/mol. The second-order valence-electron chi connectivity index (χ2n) is 11.3. The first-order chi connectivity index (χ1) is 14.7. The third kappa shape index (κ3) is 5.43. The molecule has 2 unspecified atom stereocenters.